The topological polar surface area (TPSA) is 21.3 Å². The second-order valence-electron chi connectivity index (χ2n) is 6.23. The van der Waals surface area contributed by atoms with Crippen LogP contribution in [0.2, 0.25) is 0 Å². The molecule has 0 aliphatic carbocycles. The van der Waals surface area contributed by atoms with Crippen molar-refractivity contribution in [2.75, 3.05) is 6.61 Å². The normalized spacial score (nSPS) is 23.8. The number of nitrogens with one attached hydrogen (secondary N) is 1. The molecule has 1 saturated heterocycles. The highest BCUT2D eigenvalue weighted by Gasteiger charge is 2.25. The summed E-state index contributed by atoms with van der Waals surface area (Å²) in [5.74, 6) is 0. The highest BCUT2D eigenvalue weighted by Crippen LogP contribution is 2.34. The molecule has 0 amide bonds. The summed E-state index contributed by atoms with van der Waals surface area (Å²) in [6, 6.07) is 8.71. The van der Waals surface area contributed by atoms with Crippen LogP contribution in [0.5, 0.6) is 0 Å². The van der Waals surface area contributed by atoms with E-state index in [1.54, 1.807) is 0 Å². The SMILES string of the molecule is CC1OCCC1Sc1ccccc1CNC(C)(C)C. The highest BCUT2D eigenvalue weighted by atomic mass is 32.2. The zero-order chi connectivity index (χ0) is 13.9. The third-order valence-electron chi connectivity index (χ3n) is 3.37. The smallest absolute Gasteiger partial charge is 0.0669 e. The van der Waals surface area contributed by atoms with Crippen LogP contribution in [0.4, 0.5) is 0 Å². The van der Waals surface area contributed by atoms with Gasteiger partial charge in [0.1, 0.15) is 0 Å². The molecule has 1 aromatic rings. The summed E-state index contributed by atoms with van der Waals surface area (Å²) in [6.07, 6.45) is 1.53. The molecule has 2 nitrogen and oxygen atoms in total. The van der Waals surface area contributed by atoms with E-state index in [0.717, 1.165) is 19.6 Å². The number of thioether (sulfide) groups is 1. The third-order valence-corrected chi connectivity index (χ3v) is 4.94. The minimum absolute atomic E-state index is 0.154. The van der Waals surface area contributed by atoms with Crippen LogP contribution in [0.1, 0.15) is 39.7 Å². The van der Waals surface area contributed by atoms with E-state index >= 15 is 0 Å². The summed E-state index contributed by atoms with van der Waals surface area (Å²) in [4.78, 5) is 1.39. The van der Waals surface area contributed by atoms with Crippen molar-refractivity contribution in [3.8, 4) is 0 Å². The molecule has 0 spiro atoms. The van der Waals surface area contributed by atoms with Crippen molar-refractivity contribution >= 4 is 11.8 Å². The molecule has 106 valence electrons. The monoisotopic (exact) mass is 279 g/mol. The third kappa shape index (κ3) is 4.51. The quantitative estimate of drug-likeness (QED) is 0.904. The maximum Gasteiger partial charge on any atom is 0.0669 e. The molecular weight excluding hydrogens is 254 g/mol. The van der Waals surface area contributed by atoms with Gasteiger partial charge in [0, 0.05) is 28.8 Å². The molecular formula is C16H25NOS. The molecule has 2 rings (SSSR count). The number of hydrogen-bond donors (Lipinski definition) is 1. The molecule has 0 saturated carbocycles. The summed E-state index contributed by atoms with van der Waals surface area (Å²) >= 11 is 1.97. The lowest BCUT2D eigenvalue weighted by atomic mass is 10.1. The van der Waals surface area contributed by atoms with Gasteiger partial charge in [-0.3, -0.25) is 0 Å². The Labute approximate surface area is 121 Å². The average molecular weight is 279 g/mol. The van der Waals surface area contributed by atoms with E-state index in [9.17, 15) is 0 Å². The molecule has 2 unspecified atom stereocenters. The zero-order valence-electron chi connectivity index (χ0n) is 12.4. The van der Waals surface area contributed by atoms with Crippen molar-refractivity contribution in [3.05, 3.63) is 29.8 Å². The van der Waals surface area contributed by atoms with Crippen molar-refractivity contribution in [3.63, 3.8) is 0 Å². The first-order valence-electron chi connectivity index (χ1n) is 7.07. The predicted molar refractivity (Wildman–Crippen MR) is 82.7 cm³/mol. The van der Waals surface area contributed by atoms with Gasteiger partial charge in [0.05, 0.1) is 6.10 Å². The molecule has 3 heteroatoms. The summed E-state index contributed by atoms with van der Waals surface area (Å²) < 4.78 is 5.66. The van der Waals surface area contributed by atoms with Crippen LogP contribution in [0.3, 0.4) is 0 Å². The fraction of sp³-hybridized carbons (Fsp3) is 0.625. The van der Waals surface area contributed by atoms with Crippen molar-refractivity contribution < 1.29 is 4.74 Å². The Hall–Kier alpha value is -0.510. The largest absolute Gasteiger partial charge is 0.377 e. The molecule has 1 heterocycles. The van der Waals surface area contributed by atoms with E-state index < -0.39 is 0 Å². The molecule has 0 radical (unpaired) electrons. The zero-order valence-corrected chi connectivity index (χ0v) is 13.2. The van der Waals surface area contributed by atoms with E-state index in [1.807, 2.05) is 11.8 Å². The van der Waals surface area contributed by atoms with Gasteiger partial charge in [0.2, 0.25) is 0 Å². The minimum Gasteiger partial charge on any atom is -0.377 e. The van der Waals surface area contributed by atoms with Crippen LogP contribution in [-0.4, -0.2) is 23.5 Å². The van der Waals surface area contributed by atoms with Crippen molar-refractivity contribution in [2.45, 2.75) is 62.4 Å². The Morgan fingerprint density at radius 1 is 1.32 bits per heavy atom. The molecule has 2 atom stereocenters. The highest BCUT2D eigenvalue weighted by molar-refractivity contribution is 8.00. The molecule has 1 fully saturated rings. The van der Waals surface area contributed by atoms with Gasteiger partial charge in [0.25, 0.3) is 0 Å². The van der Waals surface area contributed by atoms with Gasteiger partial charge >= 0.3 is 0 Å². The van der Waals surface area contributed by atoms with Gasteiger partial charge in [-0.25, -0.2) is 0 Å². The van der Waals surface area contributed by atoms with Crippen LogP contribution in [0, 0.1) is 0 Å². The molecule has 1 aromatic carbocycles. The maximum atomic E-state index is 5.66. The van der Waals surface area contributed by atoms with Gasteiger partial charge in [-0.05, 0) is 45.7 Å². The van der Waals surface area contributed by atoms with E-state index in [1.165, 1.54) is 10.5 Å². The van der Waals surface area contributed by atoms with Crippen LogP contribution in [0.25, 0.3) is 0 Å². The number of benzene rings is 1. The summed E-state index contributed by atoms with van der Waals surface area (Å²) in [6.45, 7) is 10.6. The van der Waals surface area contributed by atoms with Crippen molar-refractivity contribution in [1.29, 1.82) is 0 Å². The Morgan fingerprint density at radius 2 is 2.05 bits per heavy atom. The standard InChI is InChI=1S/C16H25NOS/c1-12-14(9-10-18-12)19-15-8-6-5-7-13(15)11-17-16(2,3)4/h5-8,12,14,17H,9-11H2,1-4H3. The lowest BCUT2D eigenvalue weighted by molar-refractivity contribution is 0.127. The summed E-state index contributed by atoms with van der Waals surface area (Å²) in [5, 5.41) is 4.16. The van der Waals surface area contributed by atoms with Gasteiger partial charge in [-0.2, -0.15) is 0 Å². The Kier molecular flexibility index (Phi) is 4.93. The van der Waals surface area contributed by atoms with E-state index in [4.69, 9.17) is 4.74 Å². The second-order valence-corrected chi connectivity index (χ2v) is 7.51. The van der Waals surface area contributed by atoms with E-state index in [-0.39, 0.29) is 5.54 Å². The van der Waals surface area contributed by atoms with Gasteiger partial charge in [-0.15, -0.1) is 11.8 Å². The average Bonchev–Trinajstić information content (AvgIpc) is 2.73. The fourth-order valence-electron chi connectivity index (χ4n) is 2.16. The van der Waals surface area contributed by atoms with Gasteiger partial charge in [-0.1, -0.05) is 18.2 Å². The van der Waals surface area contributed by atoms with Crippen LogP contribution in [0.15, 0.2) is 29.2 Å². The lowest BCUT2D eigenvalue weighted by Gasteiger charge is -2.22. The molecule has 0 aromatic heterocycles. The minimum atomic E-state index is 0.154. The molecule has 1 aliphatic rings. The summed E-state index contributed by atoms with van der Waals surface area (Å²) in [7, 11) is 0. The van der Waals surface area contributed by atoms with Crippen LogP contribution in [-0.2, 0) is 11.3 Å². The van der Waals surface area contributed by atoms with Crippen molar-refractivity contribution in [2.24, 2.45) is 0 Å². The fourth-order valence-corrected chi connectivity index (χ4v) is 3.41. The van der Waals surface area contributed by atoms with Gasteiger partial charge in [0.15, 0.2) is 0 Å². The van der Waals surface area contributed by atoms with Crippen LogP contribution < -0.4 is 5.32 Å². The first kappa shape index (κ1) is 14.9. The molecule has 0 bridgehead atoms. The first-order chi connectivity index (χ1) is 8.96. The summed E-state index contributed by atoms with van der Waals surface area (Å²) in [5.41, 5.74) is 1.54. The van der Waals surface area contributed by atoms with Gasteiger partial charge < -0.3 is 10.1 Å². The molecule has 1 aliphatic heterocycles. The Morgan fingerprint density at radius 3 is 2.68 bits per heavy atom. The lowest BCUT2D eigenvalue weighted by Crippen LogP contribution is -2.35. The van der Waals surface area contributed by atoms with Crippen molar-refractivity contribution in [1.82, 2.24) is 5.32 Å². The van der Waals surface area contributed by atoms with Crippen LogP contribution >= 0.6 is 11.8 Å². The Bertz CT molecular complexity index is 413. The maximum absolute atomic E-state index is 5.66. The Balaban J connectivity index is 2.03. The number of hydrogen-bond acceptors (Lipinski definition) is 3. The number of rotatable bonds is 4. The first-order valence-corrected chi connectivity index (χ1v) is 7.95. The van der Waals surface area contributed by atoms with E-state index in [2.05, 4.69) is 57.3 Å². The van der Waals surface area contributed by atoms with E-state index in [0.29, 0.717) is 11.4 Å². The number of ether oxygens (including phenoxy) is 1. The predicted octanol–water partition coefficient (Wildman–Crippen LogP) is 3.84. The molecule has 19 heavy (non-hydrogen) atoms. The second kappa shape index (κ2) is 6.29. The molecule has 1 N–H and O–H groups in total.